The summed E-state index contributed by atoms with van der Waals surface area (Å²) in [5.74, 6) is 0. The number of halogens is 1. The molecule has 0 spiro atoms. The van der Waals surface area contributed by atoms with Gasteiger partial charge in [-0.3, -0.25) is 0 Å². The highest BCUT2D eigenvalue weighted by Gasteiger charge is 2.02. The molecule has 0 saturated carbocycles. The van der Waals surface area contributed by atoms with Gasteiger partial charge in [0.05, 0.1) is 11.7 Å². The Bertz CT molecular complexity index is 422. The second-order valence-corrected chi connectivity index (χ2v) is 3.79. The van der Waals surface area contributed by atoms with Crippen LogP contribution in [0.3, 0.4) is 0 Å². The van der Waals surface area contributed by atoms with E-state index >= 15 is 0 Å². The summed E-state index contributed by atoms with van der Waals surface area (Å²) in [6.07, 6.45) is 3.83. The van der Waals surface area contributed by atoms with E-state index in [1.165, 1.54) is 5.56 Å². The molecule has 0 fully saturated rings. The van der Waals surface area contributed by atoms with Crippen LogP contribution in [0.5, 0.6) is 0 Å². The monoisotopic (exact) mass is 239 g/mol. The minimum absolute atomic E-state index is 0.847. The standard InChI is InChI=1S/C9H10BrN3/c1-11-5-7-6-12-13-3-2-8(10)4-9(7)13/h2-4,6,11H,5H2,1H3. The van der Waals surface area contributed by atoms with Crippen LogP contribution < -0.4 is 5.32 Å². The molecule has 0 amide bonds. The van der Waals surface area contributed by atoms with Crippen LogP contribution in [0, 0.1) is 0 Å². The molecule has 2 heterocycles. The van der Waals surface area contributed by atoms with Crippen molar-refractivity contribution in [3.8, 4) is 0 Å². The molecule has 68 valence electrons. The molecule has 1 N–H and O–H groups in total. The molecule has 0 saturated heterocycles. The van der Waals surface area contributed by atoms with Crippen molar-refractivity contribution in [3.05, 3.63) is 34.6 Å². The number of nitrogens with zero attached hydrogens (tertiary/aromatic N) is 2. The van der Waals surface area contributed by atoms with Gasteiger partial charge in [-0.1, -0.05) is 15.9 Å². The van der Waals surface area contributed by atoms with Crippen LogP contribution in [0.2, 0.25) is 0 Å². The van der Waals surface area contributed by atoms with Crippen LogP contribution in [0.15, 0.2) is 29.0 Å². The van der Waals surface area contributed by atoms with E-state index in [2.05, 4.69) is 32.4 Å². The van der Waals surface area contributed by atoms with Crippen LogP contribution in [0.1, 0.15) is 5.56 Å². The average Bonchev–Trinajstić information content (AvgIpc) is 2.49. The van der Waals surface area contributed by atoms with Crippen molar-refractivity contribution in [3.63, 3.8) is 0 Å². The molecular weight excluding hydrogens is 230 g/mol. The lowest BCUT2D eigenvalue weighted by molar-refractivity contribution is 0.823. The van der Waals surface area contributed by atoms with Gasteiger partial charge >= 0.3 is 0 Å². The predicted octanol–water partition coefficient (Wildman–Crippen LogP) is 1.82. The fourth-order valence-electron chi connectivity index (χ4n) is 1.33. The molecule has 2 aromatic heterocycles. The molecule has 0 aromatic carbocycles. The molecule has 0 unspecified atom stereocenters. The minimum atomic E-state index is 0.847. The smallest absolute Gasteiger partial charge is 0.0717 e. The van der Waals surface area contributed by atoms with Gasteiger partial charge in [0.1, 0.15) is 0 Å². The van der Waals surface area contributed by atoms with Gasteiger partial charge in [-0.05, 0) is 19.2 Å². The predicted molar refractivity (Wildman–Crippen MR) is 55.7 cm³/mol. The van der Waals surface area contributed by atoms with Crippen molar-refractivity contribution in [2.24, 2.45) is 0 Å². The Balaban J connectivity index is 2.58. The number of aromatic nitrogens is 2. The summed E-state index contributed by atoms with van der Waals surface area (Å²) in [4.78, 5) is 0. The summed E-state index contributed by atoms with van der Waals surface area (Å²) in [5, 5.41) is 7.35. The zero-order valence-electron chi connectivity index (χ0n) is 7.29. The van der Waals surface area contributed by atoms with Gasteiger partial charge in [-0.15, -0.1) is 0 Å². The van der Waals surface area contributed by atoms with Gasteiger partial charge in [0, 0.05) is 22.8 Å². The first-order chi connectivity index (χ1) is 6.31. The molecule has 0 aliphatic carbocycles. The first-order valence-electron chi connectivity index (χ1n) is 4.07. The first-order valence-corrected chi connectivity index (χ1v) is 4.87. The molecule has 0 aliphatic rings. The number of nitrogens with one attached hydrogen (secondary N) is 1. The molecule has 2 rings (SSSR count). The van der Waals surface area contributed by atoms with Crippen LogP contribution >= 0.6 is 15.9 Å². The highest BCUT2D eigenvalue weighted by molar-refractivity contribution is 9.10. The van der Waals surface area contributed by atoms with Gasteiger partial charge in [-0.25, -0.2) is 4.52 Å². The third kappa shape index (κ3) is 1.59. The average molecular weight is 240 g/mol. The molecule has 0 atom stereocenters. The van der Waals surface area contributed by atoms with Crippen molar-refractivity contribution in [1.29, 1.82) is 0 Å². The number of fused-ring (bicyclic) bond motifs is 1. The second kappa shape index (κ2) is 3.47. The van der Waals surface area contributed by atoms with E-state index in [-0.39, 0.29) is 0 Å². The molecule has 3 nitrogen and oxygen atoms in total. The maximum Gasteiger partial charge on any atom is 0.0717 e. The fourth-order valence-corrected chi connectivity index (χ4v) is 1.67. The van der Waals surface area contributed by atoms with E-state index in [4.69, 9.17) is 0 Å². The van der Waals surface area contributed by atoms with Crippen molar-refractivity contribution >= 4 is 21.4 Å². The normalized spacial score (nSPS) is 10.9. The van der Waals surface area contributed by atoms with E-state index in [9.17, 15) is 0 Å². The van der Waals surface area contributed by atoms with Crippen molar-refractivity contribution in [2.45, 2.75) is 6.54 Å². The summed E-state index contributed by atoms with van der Waals surface area (Å²) < 4.78 is 2.95. The Morgan fingerprint density at radius 2 is 2.46 bits per heavy atom. The molecule has 0 aliphatic heterocycles. The molecule has 4 heteroatoms. The van der Waals surface area contributed by atoms with Crippen molar-refractivity contribution < 1.29 is 0 Å². The van der Waals surface area contributed by atoms with Gasteiger partial charge in [-0.2, -0.15) is 5.10 Å². The van der Waals surface area contributed by atoms with E-state index < -0.39 is 0 Å². The van der Waals surface area contributed by atoms with Gasteiger partial charge in [0.2, 0.25) is 0 Å². The Morgan fingerprint density at radius 1 is 1.62 bits per heavy atom. The van der Waals surface area contributed by atoms with Gasteiger partial charge in [0.25, 0.3) is 0 Å². The maximum atomic E-state index is 4.23. The number of pyridine rings is 1. The summed E-state index contributed by atoms with van der Waals surface area (Å²) in [5.41, 5.74) is 2.35. The highest BCUT2D eigenvalue weighted by atomic mass is 79.9. The number of hydrogen-bond donors (Lipinski definition) is 1. The van der Waals surface area contributed by atoms with Crippen LogP contribution in [-0.4, -0.2) is 16.7 Å². The molecule has 0 bridgehead atoms. The molecular formula is C9H10BrN3. The third-order valence-corrected chi connectivity index (χ3v) is 2.42. The number of rotatable bonds is 2. The fraction of sp³-hybridized carbons (Fsp3) is 0.222. The Hall–Kier alpha value is -0.870. The van der Waals surface area contributed by atoms with E-state index in [0.29, 0.717) is 0 Å². The summed E-state index contributed by atoms with van der Waals surface area (Å²) in [6, 6.07) is 4.04. The quantitative estimate of drug-likeness (QED) is 0.867. The van der Waals surface area contributed by atoms with Crippen molar-refractivity contribution in [1.82, 2.24) is 14.9 Å². The topological polar surface area (TPSA) is 29.3 Å². The molecule has 0 radical (unpaired) electrons. The van der Waals surface area contributed by atoms with Gasteiger partial charge < -0.3 is 5.32 Å². The lowest BCUT2D eigenvalue weighted by Gasteiger charge is -1.97. The number of hydrogen-bond acceptors (Lipinski definition) is 2. The summed E-state index contributed by atoms with van der Waals surface area (Å²) in [6.45, 7) is 0.847. The first kappa shape index (κ1) is 8.72. The Morgan fingerprint density at radius 3 is 3.23 bits per heavy atom. The minimum Gasteiger partial charge on any atom is -0.316 e. The zero-order chi connectivity index (χ0) is 9.26. The maximum absolute atomic E-state index is 4.23. The highest BCUT2D eigenvalue weighted by Crippen LogP contribution is 2.16. The SMILES string of the molecule is CNCc1cnn2ccc(Br)cc12. The van der Waals surface area contributed by atoms with Gasteiger partial charge in [0.15, 0.2) is 0 Å². The van der Waals surface area contributed by atoms with Crippen LogP contribution in [-0.2, 0) is 6.54 Å². The summed E-state index contributed by atoms with van der Waals surface area (Å²) in [7, 11) is 1.93. The molecule has 2 aromatic rings. The Labute approximate surface area is 84.9 Å². The van der Waals surface area contributed by atoms with E-state index in [0.717, 1.165) is 16.5 Å². The van der Waals surface area contributed by atoms with Crippen molar-refractivity contribution in [2.75, 3.05) is 7.05 Å². The second-order valence-electron chi connectivity index (χ2n) is 2.87. The van der Waals surface area contributed by atoms with E-state index in [1.807, 2.05) is 30.0 Å². The third-order valence-electron chi connectivity index (χ3n) is 1.93. The lowest BCUT2D eigenvalue weighted by atomic mass is 10.2. The zero-order valence-corrected chi connectivity index (χ0v) is 8.87. The van der Waals surface area contributed by atoms with E-state index in [1.54, 1.807) is 0 Å². The largest absolute Gasteiger partial charge is 0.316 e. The summed E-state index contributed by atoms with van der Waals surface area (Å²) >= 11 is 3.44. The van der Waals surface area contributed by atoms with Crippen LogP contribution in [0.4, 0.5) is 0 Å². The van der Waals surface area contributed by atoms with Crippen LogP contribution in [0.25, 0.3) is 5.52 Å². The molecule has 13 heavy (non-hydrogen) atoms. The Kier molecular flexibility index (Phi) is 2.33. The lowest BCUT2D eigenvalue weighted by Crippen LogP contribution is -2.04.